The molecule has 22 heavy (non-hydrogen) atoms. The van der Waals surface area contributed by atoms with Crippen molar-refractivity contribution in [3.05, 3.63) is 88.2 Å². The Morgan fingerprint density at radius 3 is 2.64 bits per heavy atom. The summed E-state index contributed by atoms with van der Waals surface area (Å²) in [5.74, 6) is 0. The van der Waals surface area contributed by atoms with Gasteiger partial charge in [0, 0.05) is 31.6 Å². The second-order valence-electron chi connectivity index (χ2n) is 5.10. The van der Waals surface area contributed by atoms with Gasteiger partial charge in [-0.25, -0.2) is 0 Å². The Kier molecular flexibility index (Phi) is 3.70. The molecule has 2 aromatic rings. The highest BCUT2D eigenvalue weighted by molar-refractivity contribution is 6.05. The Labute approximate surface area is 128 Å². The first kappa shape index (κ1) is 14.0. The van der Waals surface area contributed by atoms with Crippen molar-refractivity contribution in [2.75, 3.05) is 7.05 Å². The molecule has 5 nitrogen and oxygen atoms in total. The lowest BCUT2D eigenvalue weighted by Crippen LogP contribution is -2.29. The summed E-state index contributed by atoms with van der Waals surface area (Å²) in [5, 5.41) is 11.0. The Morgan fingerprint density at radius 2 is 1.91 bits per heavy atom. The molecular weight excluding hydrogens is 278 g/mol. The number of benzene rings is 2. The van der Waals surface area contributed by atoms with Crippen LogP contribution in [0.25, 0.3) is 0 Å². The summed E-state index contributed by atoms with van der Waals surface area (Å²) in [7, 11) is 1.94. The standard InChI is InChI=1S/C17H15N3O2/c1-19-11-10-18-16(13-6-3-2-4-7-13)17(19)14-8-5-9-15(12-14)20(21)22/h2-12,17H,1H3. The third-order valence-corrected chi connectivity index (χ3v) is 3.65. The van der Waals surface area contributed by atoms with E-state index in [0.29, 0.717) is 0 Å². The number of hydrogen-bond donors (Lipinski definition) is 0. The number of aliphatic imine (C=N–C) groups is 1. The van der Waals surface area contributed by atoms with Gasteiger partial charge < -0.3 is 4.90 Å². The van der Waals surface area contributed by atoms with Crippen LogP contribution >= 0.6 is 0 Å². The number of nitrogens with zero attached hydrogens (tertiary/aromatic N) is 3. The molecule has 0 spiro atoms. The molecule has 1 unspecified atom stereocenters. The van der Waals surface area contributed by atoms with E-state index in [1.807, 2.05) is 54.5 Å². The first-order valence-corrected chi connectivity index (χ1v) is 6.93. The van der Waals surface area contributed by atoms with Crippen molar-refractivity contribution in [2.45, 2.75) is 6.04 Å². The highest BCUT2D eigenvalue weighted by Gasteiger charge is 2.25. The first-order chi connectivity index (χ1) is 10.7. The quantitative estimate of drug-likeness (QED) is 0.642. The molecule has 0 fully saturated rings. The number of non-ortho nitro benzene ring substituents is 1. The fraction of sp³-hybridized carbons (Fsp3) is 0.118. The van der Waals surface area contributed by atoms with Crippen LogP contribution in [-0.2, 0) is 0 Å². The zero-order valence-corrected chi connectivity index (χ0v) is 12.1. The van der Waals surface area contributed by atoms with Crippen molar-refractivity contribution in [2.24, 2.45) is 4.99 Å². The lowest BCUT2D eigenvalue weighted by atomic mass is 9.94. The molecule has 1 atom stereocenters. The summed E-state index contributed by atoms with van der Waals surface area (Å²) in [6.07, 6.45) is 3.62. The molecule has 110 valence electrons. The monoisotopic (exact) mass is 293 g/mol. The van der Waals surface area contributed by atoms with Crippen LogP contribution in [-0.4, -0.2) is 22.6 Å². The van der Waals surface area contributed by atoms with E-state index >= 15 is 0 Å². The number of nitro groups is 1. The largest absolute Gasteiger partial charge is 0.366 e. The predicted molar refractivity (Wildman–Crippen MR) is 85.7 cm³/mol. The number of rotatable bonds is 3. The second kappa shape index (κ2) is 5.81. The Hall–Kier alpha value is -2.95. The summed E-state index contributed by atoms with van der Waals surface area (Å²) in [5.41, 5.74) is 2.83. The molecule has 0 N–H and O–H groups in total. The van der Waals surface area contributed by atoms with Crippen LogP contribution in [0.5, 0.6) is 0 Å². The van der Waals surface area contributed by atoms with E-state index in [9.17, 15) is 10.1 Å². The van der Waals surface area contributed by atoms with Gasteiger partial charge in [-0.3, -0.25) is 15.1 Å². The topological polar surface area (TPSA) is 58.7 Å². The summed E-state index contributed by atoms with van der Waals surface area (Å²) in [4.78, 5) is 17.2. The molecule has 0 bridgehead atoms. The zero-order valence-electron chi connectivity index (χ0n) is 12.1. The fourth-order valence-corrected chi connectivity index (χ4v) is 2.61. The first-order valence-electron chi connectivity index (χ1n) is 6.93. The number of likely N-dealkylation sites (N-methyl/N-ethyl adjacent to an activating group) is 1. The van der Waals surface area contributed by atoms with Gasteiger partial charge >= 0.3 is 0 Å². The average molecular weight is 293 g/mol. The number of hydrogen-bond acceptors (Lipinski definition) is 4. The van der Waals surface area contributed by atoms with Crippen LogP contribution < -0.4 is 0 Å². The van der Waals surface area contributed by atoms with Gasteiger partial charge in [-0.05, 0) is 11.1 Å². The minimum absolute atomic E-state index is 0.0906. The summed E-state index contributed by atoms with van der Waals surface area (Å²) in [6.45, 7) is 0. The summed E-state index contributed by atoms with van der Waals surface area (Å²) >= 11 is 0. The van der Waals surface area contributed by atoms with Crippen molar-refractivity contribution in [1.29, 1.82) is 0 Å². The molecule has 1 heterocycles. The maximum atomic E-state index is 11.0. The van der Waals surface area contributed by atoms with E-state index in [4.69, 9.17) is 0 Å². The van der Waals surface area contributed by atoms with Gasteiger partial charge in [-0.2, -0.15) is 0 Å². The normalized spacial score (nSPS) is 17.2. The molecule has 0 amide bonds. The van der Waals surface area contributed by atoms with Crippen LogP contribution in [0, 0.1) is 10.1 Å². The molecule has 0 saturated carbocycles. The average Bonchev–Trinajstić information content (AvgIpc) is 2.55. The molecule has 5 heteroatoms. The maximum Gasteiger partial charge on any atom is 0.269 e. The van der Waals surface area contributed by atoms with Crippen molar-refractivity contribution < 1.29 is 4.92 Å². The maximum absolute atomic E-state index is 11.0. The fourth-order valence-electron chi connectivity index (χ4n) is 2.61. The summed E-state index contributed by atoms with van der Waals surface area (Å²) in [6, 6.07) is 16.4. The molecule has 0 radical (unpaired) electrons. The van der Waals surface area contributed by atoms with Gasteiger partial charge in [-0.15, -0.1) is 0 Å². The zero-order chi connectivity index (χ0) is 15.5. The van der Waals surface area contributed by atoms with E-state index in [1.165, 1.54) is 6.07 Å². The Bertz CT molecular complexity index is 754. The SMILES string of the molecule is CN1C=CN=C(c2ccccc2)C1c1cccc([N+](=O)[O-])c1. The van der Waals surface area contributed by atoms with Crippen molar-refractivity contribution in [1.82, 2.24) is 4.90 Å². The Balaban J connectivity index is 2.07. The highest BCUT2D eigenvalue weighted by Crippen LogP contribution is 2.29. The van der Waals surface area contributed by atoms with E-state index < -0.39 is 0 Å². The van der Waals surface area contributed by atoms with Crippen LogP contribution in [0.4, 0.5) is 5.69 Å². The highest BCUT2D eigenvalue weighted by atomic mass is 16.6. The van der Waals surface area contributed by atoms with E-state index in [0.717, 1.165) is 16.8 Å². The van der Waals surface area contributed by atoms with E-state index in [2.05, 4.69) is 4.99 Å². The van der Waals surface area contributed by atoms with Crippen LogP contribution in [0.3, 0.4) is 0 Å². The smallest absolute Gasteiger partial charge is 0.269 e. The molecule has 1 aliphatic heterocycles. The van der Waals surface area contributed by atoms with Gasteiger partial charge in [0.05, 0.1) is 16.7 Å². The third-order valence-electron chi connectivity index (χ3n) is 3.65. The predicted octanol–water partition coefficient (Wildman–Crippen LogP) is 3.54. The molecule has 0 saturated heterocycles. The van der Waals surface area contributed by atoms with Crippen LogP contribution in [0.15, 0.2) is 72.0 Å². The minimum Gasteiger partial charge on any atom is -0.366 e. The Morgan fingerprint density at radius 1 is 1.14 bits per heavy atom. The summed E-state index contributed by atoms with van der Waals surface area (Å²) < 4.78 is 0. The van der Waals surface area contributed by atoms with E-state index in [-0.39, 0.29) is 16.7 Å². The van der Waals surface area contributed by atoms with Crippen LogP contribution in [0.2, 0.25) is 0 Å². The molecule has 0 aliphatic carbocycles. The molecule has 1 aliphatic rings. The van der Waals surface area contributed by atoms with Gasteiger partial charge in [-0.1, -0.05) is 42.5 Å². The number of nitro benzene ring substituents is 1. The second-order valence-corrected chi connectivity index (χ2v) is 5.10. The molecule has 0 aromatic heterocycles. The van der Waals surface area contributed by atoms with Crippen molar-refractivity contribution >= 4 is 11.4 Å². The van der Waals surface area contributed by atoms with Gasteiger partial charge in [0.1, 0.15) is 0 Å². The van der Waals surface area contributed by atoms with Gasteiger partial charge in [0.25, 0.3) is 5.69 Å². The minimum atomic E-state index is -0.374. The molecular formula is C17H15N3O2. The van der Waals surface area contributed by atoms with Gasteiger partial charge in [0.15, 0.2) is 0 Å². The lowest BCUT2D eigenvalue weighted by Gasteiger charge is -2.31. The third kappa shape index (κ3) is 2.61. The lowest BCUT2D eigenvalue weighted by molar-refractivity contribution is -0.384. The van der Waals surface area contributed by atoms with E-state index in [1.54, 1.807) is 18.3 Å². The van der Waals surface area contributed by atoms with Crippen molar-refractivity contribution in [3.63, 3.8) is 0 Å². The molecule has 3 rings (SSSR count). The van der Waals surface area contributed by atoms with Gasteiger partial charge in [0.2, 0.25) is 0 Å². The van der Waals surface area contributed by atoms with Crippen molar-refractivity contribution in [3.8, 4) is 0 Å². The molecule has 2 aromatic carbocycles. The van der Waals surface area contributed by atoms with Crippen LogP contribution in [0.1, 0.15) is 17.2 Å².